The van der Waals surface area contributed by atoms with Gasteiger partial charge in [0.25, 0.3) is 0 Å². The zero-order valence-electron chi connectivity index (χ0n) is 12.2. The Morgan fingerprint density at radius 2 is 1.81 bits per heavy atom. The van der Waals surface area contributed by atoms with Crippen LogP contribution in [0, 0.1) is 0 Å². The fraction of sp³-hybridized carbons (Fsp3) is 0.294. The van der Waals surface area contributed by atoms with Gasteiger partial charge < -0.3 is 9.09 Å². The number of aromatic nitrogens is 3. The smallest absolute Gasteiger partial charge is 0.167 e. The van der Waals surface area contributed by atoms with E-state index >= 15 is 0 Å². The maximum absolute atomic E-state index is 5.40. The molecule has 0 aliphatic heterocycles. The molecule has 0 N–H and O–H groups in total. The van der Waals surface area contributed by atoms with Crippen molar-refractivity contribution >= 4 is 0 Å². The van der Waals surface area contributed by atoms with Gasteiger partial charge in [-0.2, -0.15) is 0 Å². The first kappa shape index (κ1) is 13.6. The van der Waals surface area contributed by atoms with Gasteiger partial charge in [-0.05, 0) is 25.7 Å². The molecule has 0 bridgehead atoms. The molecule has 3 aromatic rings. The van der Waals surface area contributed by atoms with Crippen LogP contribution in [0.25, 0.3) is 11.3 Å². The number of hydrogen-bond donors (Lipinski definition) is 0. The van der Waals surface area contributed by atoms with Crippen LogP contribution in [0.1, 0.15) is 24.2 Å². The summed E-state index contributed by atoms with van der Waals surface area (Å²) in [6.45, 7) is 0. The number of hydrogen-bond acceptors (Lipinski definition) is 3. The SMILES string of the molecule is Cn1cnc(CCCCc2cc(-c3ccccc3)on2)c1. The largest absolute Gasteiger partial charge is 0.356 e. The first-order valence-electron chi connectivity index (χ1n) is 7.29. The minimum absolute atomic E-state index is 0.843. The van der Waals surface area contributed by atoms with E-state index in [1.54, 1.807) is 0 Å². The second-order valence-corrected chi connectivity index (χ2v) is 5.29. The Balaban J connectivity index is 1.49. The second kappa shape index (κ2) is 6.39. The number of aryl methyl sites for hydroxylation is 3. The highest BCUT2D eigenvalue weighted by atomic mass is 16.5. The molecule has 0 amide bonds. The van der Waals surface area contributed by atoms with Crippen LogP contribution >= 0.6 is 0 Å². The van der Waals surface area contributed by atoms with Crippen LogP contribution in [0.5, 0.6) is 0 Å². The molecule has 4 nitrogen and oxygen atoms in total. The Labute approximate surface area is 124 Å². The summed E-state index contributed by atoms with van der Waals surface area (Å²) in [5.74, 6) is 0.843. The van der Waals surface area contributed by atoms with Crippen molar-refractivity contribution in [2.75, 3.05) is 0 Å². The Morgan fingerprint density at radius 1 is 1.05 bits per heavy atom. The average Bonchev–Trinajstić information content (AvgIpc) is 3.14. The third-order valence-corrected chi connectivity index (χ3v) is 3.49. The lowest BCUT2D eigenvalue weighted by atomic mass is 10.1. The Bertz CT molecular complexity index is 685. The summed E-state index contributed by atoms with van der Waals surface area (Å²) >= 11 is 0. The summed E-state index contributed by atoms with van der Waals surface area (Å²) in [7, 11) is 2.00. The maximum atomic E-state index is 5.40. The summed E-state index contributed by atoms with van der Waals surface area (Å²) in [4.78, 5) is 4.33. The fourth-order valence-corrected chi connectivity index (χ4v) is 2.38. The normalized spacial score (nSPS) is 10.9. The summed E-state index contributed by atoms with van der Waals surface area (Å²) in [6, 6.07) is 12.1. The van der Waals surface area contributed by atoms with Crippen molar-refractivity contribution < 1.29 is 4.52 Å². The molecule has 2 heterocycles. The van der Waals surface area contributed by atoms with Crippen LogP contribution in [-0.2, 0) is 19.9 Å². The zero-order valence-corrected chi connectivity index (χ0v) is 12.2. The Morgan fingerprint density at radius 3 is 2.52 bits per heavy atom. The molecule has 4 heteroatoms. The van der Waals surface area contributed by atoms with Crippen LogP contribution < -0.4 is 0 Å². The minimum Gasteiger partial charge on any atom is -0.356 e. The van der Waals surface area contributed by atoms with Crippen molar-refractivity contribution in [3.8, 4) is 11.3 Å². The van der Waals surface area contributed by atoms with Crippen molar-refractivity contribution in [2.24, 2.45) is 7.05 Å². The summed E-state index contributed by atoms with van der Waals surface area (Å²) in [5.41, 5.74) is 3.25. The third kappa shape index (κ3) is 3.60. The van der Waals surface area contributed by atoms with Crippen LogP contribution in [0.3, 0.4) is 0 Å². The quantitative estimate of drug-likeness (QED) is 0.648. The molecule has 0 fully saturated rings. The topological polar surface area (TPSA) is 43.9 Å². The number of unbranched alkanes of at least 4 members (excludes halogenated alkanes) is 1. The molecule has 0 saturated heterocycles. The van der Waals surface area contributed by atoms with Gasteiger partial charge in [0.15, 0.2) is 5.76 Å². The summed E-state index contributed by atoms with van der Waals surface area (Å²) in [6.07, 6.45) is 8.10. The molecule has 0 aliphatic carbocycles. The van der Waals surface area contributed by atoms with Gasteiger partial charge in [0.2, 0.25) is 0 Å². The van der Waals surface area contributed by atoms with Crippen LogP contribution in [0.4, 0.5) is 0 Å². The van der Waals surface area contributed by atoms with E-state index in [1.165, 1.54) is 0 Å². The van der Waals surface area contributed by atoms with E-state index in [0.29, 0.717) is 0 Å². The van der Waals surface area contributed by atoms with Crippen molar-refractivity contribution in [1.82, 2.24) is 14.7 Å². The average molecular weight is 281 g/mol. The molecule has 3 rings (SSSR count). The molecular weight excluding hydrogens is 262 g/mol. The van der Waals surface area contributed by atoms with Gasteiger partial charge in [-0.1, -0.05) is 35.5 Å². The summed E-state index contributed by atoms with van der Waals surface area (Å²) in [5, 5.41) is 4.15. The zero-order chi connectivity index (χ0) is 14.5. The lowest BCUT2D eigenvalue weighted by Gasteiger charge is -1.96. The highest BCUT2D eigenvalue weighted by Gasteiger charge is 2.06. The minimum atomic E-state index is 0.843. The van der Waals surface area contributed by atoms with Crippen molar-refractivity contribution in [3.05, 3.63) is 60.3 Å². The van der Waals surface area contributed by atoms with Gasteiger partial charge in [-0.15, -0.1) is 0 Å². The lowest BCUT2D eigenvalue weighted by Crippen LogP contribution is -1.89. The lowest BCUT2D eigenvalue weighted by molar-refractivity contribution is 0.422. The Hall–Kier alpha value is -2.36. The molecule has 0 saturated carbocycles. The van der Waals surface area contributed by atoms with E-state index in [0.717, 1.165) is 48.4 Å². The highest BCUT2D eigenvalue weighted by molar-refractivity contribution is 5.56. The standard InChI is InChI=1S/C17H19N3O/c1-20-12-16(18-13-20)10-6-5-9-15-11-17(21-19-15)14-7-3-2-4-8-14/h2-4,7-8,11-13H,5-6,9-10H2,1H3. The number of imidazole rings is 1. The Kier molecular flexibility index (Phi) is 4.15. The first-order chi connectivity index (χ1) is 10.3. The molecule has 0 radical (unpaired) electrons. The molecule has 2 aromatic heterocycles. The third-order valence-electron chi connectivity index (χ3n) is 3.49. The van der Waals surface area contributed by atoms with Gasteiger partial charge in [0.1, 0.15) is 0 Å². The van der Waals surface area contributed by atoms with E-state index in [2.05, 4.69) is 16.3 Å². The van der Waals surface area contributed by atoms with Gasteiger partial charge >= 0.3 is 0 Å². The molecule has 0 atom stereocenters. The van der Waals surface area contributed by atoms with Gasteiger partial charge in [-0.25, -0.2) is 4.98 Å². The van der Waals surface area contributed by atoms with Crippen LogP contribution in [0.2, 0.25) is 0 Å². The monoisotopic (exact) mass is 281 g/mol. The van der Waals surface area contributed by atoms with Gasteiger partial charge in [0, 0.05) is 24.9 Å². The van der Waals surface area contributed by atoms with E-state index in [9.17, 15) is 0 Å². The van der Waals surface area contributed by atoms with Crippen molar-refractivity contribution in [1.29, 1.82) is 0 Å². The molecular formula is C17H19N3O. The fourth-order valence-electron chi connectivity index (χ4n) is 2.38. The van der Waals surface area contributed by atoms with E-state index < -0.39 is 0 Å². The van der Waals surface area contributed by atoms with E-state index in [4.69, 9.17) is 4.52 Å². The number of rotatable bonds is 6. The van der Waals surface area contributed by atoms with Crippen LogP contribution in [-0.4, -0.2) is 14.7 Å². The molecule has 0 unspecified atom stereocenters. The predicted octanol–water partition coefficient (Wildman–Crippen LogP) is 3.64. The molecule has 0 spiro atoms. The first-order valence-corrected chi connectivity index (χ1v) is 7.29. The predicted molar refractivity (Wildman–Crippen MR) is 81.8 cm³/mol. The molecule has 1 aromatic carbocycles. The number of nitrogens with zero attached hydrogens (tertiary/aromatic N) is 3. The molecule has 0 aliphatic rings. The highest BCUT2D eigenvalue weighted by Crippen LogP contribution is 2.20. The van der Waals surface area contributed by atoms with E-state index in [1.807, 2.05) is 54.3 Å². The van der Waals surface area contributed by atoms with E-state index in [-0.39, 0.29) is 0 Å². The number of benzene rings is 1. The van der Waals surface area contributed by atoms with Crippen molar-refractivity contribution in [3.63, 3.8) is 0 Å². The molecule has 108 valence electrons. The summed E-state index contributed by atoms with van der Waals surface area (Å²) < 4.78 is 7.39. The van der Waals surface area contributed by atoms with Crippen molar-refractivity contribution in [2.45, 2.75) is 25.7 Å². The second-order valence-electron chi connectivity index (χ2n) is 5.29. The van der Waals surface area contributed by atoms with Crippen LogP contribution in [0.15, 0.2) is 53.4 Å². The molecule has 21 heavy (non-hydrogen) atoms. The maximum Gasteiger partial charge on any atom is 0.167 e. The van der Waals surface area contributed by atoms with Gasteiger partial charge in [-0.3, -0.25) is 0 Å². The van der Waals surface area contributed by atoms with Gasteiger partial charge in [0.05, 0.1) is 17.7 Å².